The smallest absolute Gasteiger partial charge is 0.337 e. The highest BCUT2D eigenvalue weighted by molar-refractivity contribution is 6.30. The van der Waals surface area contributed by atoms with Gasteiger partial charge in [-0.15, -0.1) is 0 Å². The van der Waals surface area contributed by atoms with Gasteiger partial charge in [-0.1, -0.05) is 30.2 Å². The van der Waals surface area contributed by atoms with Crippen molar-refractivity contribution in [1.82, 2.24) is 0 Å². The van der Waals surface area contributed by atoms with Gasteiger partial charge < -0.3 is 4.74 Å². The van der Waals surface area contributed by atoms with E-state index in [1.807, 2.05) is 0 Å². The lowest BCUT2D eigenvalue weighted by Crippen LogP contribution is -2.29. The molecule has 0 spiro atoms. The lowest BCUT2D eigenvalue weighted by Gasteiger charge is -2.27. The molecule has 1 aliphatic rings. The fourth-order valence-corrected chi connectivity index (χ4v) is 3.43. The van der Waals surface area contributed by atoms with Crippen molar-refractivity contribution < 1.29 is 19.2 Å². The second-order valence-electron chi connectivity index (χ2n) is 5.93. The number of carbonyl (C=O) groups is 2. The molecule has 2 atom stereocenters. The van der Waals surface area contributed by atoms with Crippen molar-refractivity contribution in [2.75, 3.05) is 6.61 Å². The summed E-state index contributed by atoms with van der Waals surface area (Å²) in [6, 6.07) is 6.64. The minimum atomic E-state index is -0.828. The third kappa shape index (κ3) is 4.89. The molecule has 0 bridgehead atoms. The summed E-state index contributed by atoms with van der Waals surface area (Å²) in [6.07, 6.45) is 3.43. The molecule has 7 heteroatoms. The number of carbonyl (C=O) groups excluding carboxylic acids is 2. The van der Waals surface area contributed by atoms with Crippen LogP contribution in [0.1, 0.15) is 44.1 Å². The molecule has 0 N–H and O–H groups in total. The molecule has 0 saturated heterocycles. The highest BCUT2D eigenvalue weighted by Gasteiger charge is 2.39. The molecule has 6 nitrogen and oxygen atoms in total. The summed E-state index contributed by atoms with van der Waals surface area (Å²) in [5.74, 6) is -2.18. The number of nitrogens with zero attached hydrogens (tertiary/aromatic N) is 1. The van der Waals surface area contributed by atoms with Crippen molar-refractivity contribution in [3.8, 4) is 0 Å². The predicted molar refractivity (Wildman–Crippen MR) is 92.9 cm³/mol. The van der Waals surface area contributed by atoms with Crippen LogP contribution in [0.25, 0.3) is 0 Å². The van der Waals surface area contributed by atoms with Gasteiger partial charge >= 0.3 is 5.97 Å². The van der Waals surface area contributed by atoms with Gasteiger partial charge in [0, 0.05) is 17.4 Å². The van der Waals surface area contributed by atoms with Gasteiger partial charge in [0.05, 0.1) is 23.5 Å². The highest BCUT2D eigenvalue weighted by atomic mass is 35.5. The number of ketones is 1. The van der Waals surface area contributed by atoms with Gasteiger partial charge in [-0.3, -0.25) is 14.9 Å². The number of esters is 1. The number of benzene rings is 1. The fraction of sp³-hybridized carbons (Fsp3) is 0.444. The molecule has 0 aromatic heterocycles. The number of rotatable bonds is 6. The van der Waals surface area contributed by atoms with Crippen molar-refractivity contribution in [1.29, 1.82) is 0 Å². The van der Waals surface area contributed by atoms with E-state index in [1.165, 1.54) is 0 Å². The van der Waals surface area contributed by atoms with Crippen LogP contribution in [-0.4, -0.2) is 23.3 Å². The first-order valence-electron chi connectivity index (χ1n) is 8.25. The maximum atomic E-state index is 12.4. The van der Waals surface area contributed by atoms with Gasteiger partial charge in [0.2, 0.25) is 0 Å². The van der Waals surface area contributed by atoms with E-state index in [1.54, 1.807) is 31.2 Å². The van der Waals surface area contributed by atoms with Gasteiger partial charge in [-0.05, 0) is 37.5 Å². The zero-order chi connectivity index (χ0) is 18.4. The maximum Gasteiger partial charge on any atom is 0.337 e. The molecule has 25 heavy (non-hydrogen) atoms. The van der Waals surface area contributed by atoms with E-state index in [0.29, 0.717) is 23.4 Å². The van der Waals surface area contributed by atoms with Gasteiger partial charge in [0.1, 0.15) is 5.78 Å². The molecule has 1 saturated carbocycles. The number of hydrogen-bond donors (Lipinski definition) is 0. The largest absolute Gasteiger partial charge is 0.463 e. The summed E-state index contributed by atoms with van der Waals surface area (Å²) < 4.78 is 4.82. The van der Waals surface area contributed by atoms with Crippen LogP contribution in [0, 0.1) is 16.0 Å². The van der Waals surface area contributed by atoms with Crippen LogP contribution in [0.3, 0.4) is 0 Å². The minimum Gasteiger partial charge on any atom is -0.463 e. The standard InChI is InChI=1S/C18H20ClNO5/c1-2-25-17(22)11-15(20(23)24)18(12-6-5-7-13(19)10-12)14-8-3-4-9-16(14)21/h5-7,10-11,14,18H,2-4,8-9H2,1H3/b15-11-/t14-,18+/m1/s1. The Morgan fingerprint density at radius 1 is 1.48 bits per heavy atom. The summed E-state index contributed by atoms with van der Waals surface area (Å²) in [7, 11) is 0. The van der Waals surface area contributed by atoms with E-state index in [9.17, 15) is 19.7 Å². The topological polar surface area (TPSA) is 86.5 Å². The molecule has 0 heterocycles. The number of ether oxygens (including phenoxy) is 1. The summed E-state index contributed by atoms with van der Waals surface area (Å²) in [5.41, 5.74) is 0.223. The second kappa shape index (κ2) is 8.76. The Labute approximate surface area is 151 Å². The average Bonchev–Trinajstić information content (AvgIpc) is 2.56. The van der Waals surface area contributed by atoms with Gasteiger partial charge in [-0.25, -0.2) is 4.79 Å². The number of Topliss-reactive ketones (excluding diaryl/α,β-unsaturated/α-hetero) is 1. The van der Waals surface area contributed by atoms with Crippen LogP contribution in [0.4, 0.5) is 0 Å². The van der Waals surface area contributed by atoms with Crippen LogP contribution in [0.2, 0.25) is 5.02 Å². The van der Waals surface area contributed by atoms with E-state index in [0.717, 1.165) is 18.9 Å². The maximum absolute atomic E-state index is 12.4. The van der Waals surface area contributed by atoms with Crippen molar-refractivity contribution >= 4 is 23.4 Å². The average molecular weight is 366 g/mol. The Kier molecular flexibility index (Phi) is 6.70. The quantitative estimate of drug-likeness (QED) is 0.330. The lowest BCUT2D eigenvalue weighted by molar-refractivity contribution is -0.431. The second-order valence-corrected chi connectivity index (χ2v) is 6.37. The van der Waals surface area contributed by atoms with Crippen LogP contribution in [0.5, 0.6) is 0 Å². The number of halogens is 1. The van der Waals surface area contributed by atoms with Crippen LogP contribution in [0.15, 0.2) is 36.0 Å². The van der Waals surface area contributed by atoms with E-state index in [2.05, 4.69) is 0 Å². The van der Waals surface area contributed by atoms with E-state index in [4.69, 9.17) is 16.3 Å². The highest BCUT2D eigenvalue weighted by Crippen LogP contribution is 2.39. The van der Waals surface area contributed by atoms with E-state index in [-0.39, 0.29) is 18.1 Å². The number of allylic oxidation sites excluding steroid dienone is 1. The molecule has 1 aromatic carbocycles. The first kappa shape index (κ1) is 19.1. The number of nitro groups is 1. The summed E-state index contributed by atoms with van der Waals surface area (Å²) in [6.45, 7) is 1.74. The fourth-order valence-electron chi connectivity index (χ4n) is 3.23. The molecular formula is C18H20ClNO5. The number of hydrogen-bond acceptors (Lipinski definition) is 5. The molecule has 1 aromatic rings. The van der Waals surface area contributed by atoms with Crippen molar-refractivity contribution in [2.24, 2.45) is 5.92 Å². The molecule has 1 fully saturated rings. The zero-order valence-corrected chi connectivity index (χ0v) is 14.7. The molecular weight excluding hydrogens is 346 g/mol. The Morgan fingerprint density at radius 3 is 2.84 bits per heavy atom. The van der Waals surface area contributed by atoms with Gasteiger partial charge in [-0.2, -0.15) is 0 Å². The zero-order valence-electron chi connectivity index (χ0n) is 13.9. The van der Waals surface area contributed by atoms with E-state index < -0.39 is 22.7 Å². The summed E-state index contributed by atoms with van der Waals surface area (Å²) in [4.78, 5) is 35.3. The molecule has 0 radical (unpaired) electrons. The third-order valence-electron chi connectivity index (χ3n) is 4.29. The molecule has 1 aliphatic carbocycles. The van der Waals surface area contributed by atoms with Crippen LogP contribution in [-0.2, 0) is 14.3 Å². The Morgan fingerprint density at radius 2 is 2.24 bits per heavy atom. The van der Waals surface area contributed by atoms with Crippen LogP contribution >= 0.6 is 11.6 Å². The van der Waals surface area contributed by atoms with Crippen molar-refractivity contribution in [3.63, 3.8) is 0 Å². The predicted octanol–water partition coefficient (Wildman–Crippen LogP) is 3.91. The molecule has 0 aliphatic heterocycles. The molecule has 2 rings (SSSR count). The molecule has 0 unspecified atom stereocenters. The normalized spacial score (nSPS) is 19.4. The van der Waals surface area contributed by atoms with Gasteiger partial charge in [0.15, 0.2) is 0 Å². The minimum absolute atomic E-state index is 0.0205. The Balaban J connectivity index is 2.53. The van der Waals surface area contributed by atoms with Crippen molar-refractivity contribution in [2.45, 2.75) is 38.5 Å². The lowest BCUT2D eigenvalue weighted by atomic mass is 9.74. The Hall–Kier alpha value is -2.21. The SMILES string of the molecule is CCOC(=O)/C=C(/[C@@H](c1cccc(Cl)c1)[C@@H]1CCCCC1=O)[N+](=O)[O-]. The monoisotopic (exact) mass is 365 g/mol. The molecule has 134 valence electrons. The third-order valence-corrected chi connectivity index (χ3v) is 4.53. The van der Waals surface area contributed by atoms with Crippen LogP contribution < -0.4 is 0 Å². The molecule has 0 amide bonds. The first-order valence-corrected chi connectivity index (χ1v) is 8.62. The van der Waals surface area contributed by atoms with E-state index >= 15 is 0 Å². The van der Waals surface area contributed by atoms with Gasteiger partial charge in [0.25, 0.3) is 5.70 Å². The first-order chi connectivity index (χ1) is 11.9. The summed E-state index contributed by atoms with van der Waals surface area (Å²) >= 11 is 6.04. The summed E-state index contributed by atoms with van der Waals surface area (Å²) in [5, 5.41) is 12.1. The van der Waals surface area contributed by atoms with Crippen molar-refractivity contribution in [3.05, 3.63) is 56.7 Å². The Bertz CT molecular complexity index is 700.